The largest absolute Gasteiger partial charge is 0.319 e. The average Bonchev–Trinajstić information content (AvgIpc) is 2.81. The van der Waals surface area contributed by atoms with Gasteiger partial charge in [-0.3, -0.25) is 0 Å². The lowest BCUT2D eigenvalue weighted by Gasteiger charge is -2.11. The van der Waals surface area contributed by atoms with Crippen molar-refractivity contribution in [1.82, 2.24) is 5.32 Å². The minimum absolute atomic E-state index is 0.449. The van der Waals surface area contributed by atoms with E-state index in [1.165, 1.54) is 12.0 Å². The maximum absolute atomic E-state index is 3.25. The van der Waals surface area contributed by atoms with Crippen molar-refractivity contribution in [3.05, 3.63) is 35.9 Å². The van der Waals surface area contributed by atoms with E-state index in [0.717, 1.165) is 12.5 Å². The topological polar surface area (TPSA) is 12.0 Å². The van der Waals surface area contributed by atoms with Gasteiger partial charge in [-0.25, -0.2) is 0 Å². The summed E-state index contributed by atoms with van der Waals surface area (Å²) in [7, 11) is 2.03. The van der Waals surface area contributed by atoms with E-state index in [2.05, 4.69) is 42.6 Å². The van der Waals surface area contributed by atoms with Crippen LogP contribution in [-0.2, 0) is 5.41 Å². The van der Waals surface area contributed by atoms with Crippen LogP contribution in [0.25, 0.3) is 0 Å². The second kappa shape index (κ2) is 3.15. The van der Waals surface area contributed by atoms with Crippen molar-refractivity contribution in [1.29, 1.82) is 0 Å². The molecule has 0 aromatic heterocycles. The Bertz CT molecular complexity index is 280. The second-order valence-corrected chi connectivity index (χ2v) is 4.24. The number of nitrogens with one attached hydrogen (secondary N) is 1. The molecule has 0 spiro atoms. The Morgan fingerprint density at radius 1 is 1.38 bits per heavy atom. The summed E-state index contributed by atoms with van der Waals surface area (Å²) < 4.78 is 0. The standard InChI is InChI=1S/C12H17N/c1-12(8-11(12)9-13-2)10-6-4-3-5-7-10/h3-7,11,13H,8-9H2,1-2H3/t11-,12+/m1/s1. The minimum atomic E-state index is 0.449. The first-order valence-corrected chi connectivity index (χ1v) is 4.97. The molecular weight excluding hydrogens is 158 g/mol. The summed E-state index contributed by atoms with van der Waals surface area (Å²) in [5.41, 5.74) is 1.94. The van der Waals surface area contributed by atoms with Gasteiger partial charge in [-0.1, -0.05) is 37.3 Å². The molecule has 2 rings (SSSR count). The zero-order chi connectivity index (χ0) is 9.31. The monoisotopic (exact) mass is 175 g/mol. The molecule has 1 nitrogen and oxygen atoms in total. The Morgan fingerprint density at radius 3 is 2.69 bits per heavy atom. The molecule has 13 heavy (non-hydrogen) atoms. The van der Waals surface area contributed by atoms with Crippen molar-refractivity contribution in [2.24, 2.45) is 5.92 Å². The van der Waals surface area contributed by atoms with Crippen LogP contribution >= 0.6 is 0 Å². The highest BCUT2D eigenvalue weighted by atomic mass is 14.8. The van der Waals surface area contributed by atoms with Crippen molar-refractivity contribution in [2.45, 2.75) is 18.8 Å². The molecular formula is C12H17N. The molecule has 1 aliphatic rings. The van der Waals surface area contributed by atoms with Crippen LogP contribution in [0.4, 0.5) is 0 Å². The third-order valence-electron chi connectivity index (χ3n) is 3.30. The summed E-state index contributed by atoms with van der Waals surface area (Å²) >= 11 is 0. The van der Waals surface area contributed by atoms with Gasteiger partial charge in [-0.2, -0.15) is 0 Å². The fraction of sp³-hybridized carbons (Fsp3) is 0.500. The highest BCUT2D eigenvalue weighted by Gasteiger charge is 2.50. The fourth-order valence-electron chi connectivity index (χ4n) is 2.17. The van der Waals surface area contributed by atoms with Gasteiger partial charge in [0.15, 0.2) is 0 Å². The molecule has 0 unspecified atom stereocenters. The average molecular weight is 175 g/mol. The molecule has 0 radical (unpaired) electrons. The quantitative estimate of drug-likeness (QED) is 0.742. The maximum Gasteiger partial charge on any atom is -0.00148 e. The summed E-state index contributed by atoms with van der Waals surface area (Å²) in [5, 5.41) is 3.25. The molecule has 1 aromatic rings. The van der Waals surface area contributed by atoms with Crippen LogP contribution in [0, 0.1) is 5.92 Å². The normalized spacial score (nSPS) is 31.7. The van der Waals surface area contributed by atoms with Gasteiger partial charge in [0.05, 0.1) is 0 Å². The molecule has 1 N–H and O–H groups in total. The van der Waals surface area contributed by atoms with Crippen molar-refractivity contribution in [3.63, 3.8) is 0 Å². The molecule has 2 atom stereocenters. The Hall–Kier alpha value is -0.820. The van der Waals surface area contributed by atoms with Gasteiger partial charge in [0.2, 0.25) is 0 Å². The Labute approximate surface area is 80.2 Å². The summed E-state index contributed by atoms with van der Waals surface area (Å²) in [4.78, 5) is 0. The molecule has 0 heterocycles. The Morgan fingerprint density at radius 2 is 2.08 bits per heavy atom. The first-order chi connectivity index (χ1) is 6.27. The number of hydrogen-bond acceptors (Lipinski definition) is 1. The van der Waals surface area contributed by atoms with E-state index in [0.29, 0.717) is 5.41 Å². The van der Waals surface area contributed by atoms with E-state index >= 15 is 0 Å². The number of hydrogen-bond donors (Lipinski definition) is 1. The van der Waals surface area contributed by atoms with E-state index in [1.807, 2.05) is 7.05 Å². The van der Waals surface area contributed by atoms with E-state index in [4.69, 9.17) is 0 Å². The van der Waals surface area contributed by atoms with Crippen molar-refractivity contribution in [2.75, 3.05) is 13.6 Å². The van der Waals surface area contributed by atoms with E-state index in [1.54, 1.807) is 0 Å². The van der Waals surface area contributed by atoms with Gasteiger partial charge < -0.3 is 5.32 Å². The lowest BCUT2D eigenvalue weighted by molar-refractivity contribution is 0.617. The van der Waals surface area contributed by atoms with Gasteiger partial charge in [-0.05, 0) is 36.9 Å². The third-order valence-corrected chi connectivity index (χ3v) is 3.30. The van der Waals surface area contributed by atoms with Crippen LogP contribution in [0.1, 0.15) is 18.9 Å². The third kappa shape index (κ3) is 1.49. The molecule has 70 valence electrons. The molecule has 0 bridgehead atoms. The molecule has 0 aliphatic heterocycles. The minimum Gasteiger partial charge on any atom is -0.319 e. The summed E-state index contributed by atoms with van der Waals surface area (Å²) in [6, 6.07) is 10.8. The van der Waals surface area contributed by atoms with Gasteiger partial charge in [-0.15, -0.1) is 0 Å². The predicted octanol–water partition coefficient (Wildman–Crippen LogP) is 2.18. The van der Waals surface area contributed by atoms with Crippen LogP contribution in [0.5, 0.6) is 0 Å². The predicted molar refractivity (Wildman–Crippen MR) is 55.8 cm³/mol. The van der Waals surface area contributed by atoms with Gasteiger partial charge in [0.1, 0.15) is 0 Å². The Kier molecular flexibility index (Phi) is 2.12. The first kappa shape index (κ1) is 8.76. The summed E-state index contributed by atoms with van der Waals surface area (Å²) in [6.45, 7) is 3.51. The van der Waals surface area contributed by atoms with Crippen molar-refractivity contribution < 1.29 is 0 Å². The molecule has 1 fully saturated rings. The van der Waals surface area contributed by atoms with Crippen LogP contribution in [-0.4, -0.2) is 13.6 Å². The summed E-state index contributed by atoms with van der Waals surface area (Å²) in [6.07, 6.45) is 1.33. The highest BCUT2D eigenvalue weighted by Crippen LogP contribution is 2.53. The van der Waals surface area contributed by atoms with E-state index < -0.39 is 0 Å². The van der Waals surface area contributed by atoms with E-state index in [-0.39, 0.29) is 0 Å². The van der Waals surface area contributed by atoms with Crippen LogP contribution < -0.4 is 5.32 Å². The van der Waals surface area contributed by atoms with Crippen molar-refractivity contribution in [3.8, 4) is 0 Å². The lowest BCUT2D eigenvalue weighted by Crippen LogP contribution is -2.15. The zero-order valence-corrected chi connectivity index (χ0v) is 8.38. The van der Waals surface area contributed by atoms with Gasteiger partial charge in [0.25, 0.3) is 0 Å². The first-order valence-electron chi connectivity index (χ1n) is 4.97. The van der Waals surface area contributed by atoms with Gasteiger partial charge in [0, 0.05) is 0 Å². The highest BCUT2D eigenvalue weighted by molar-refractivity contribution is 5.32. The van der Waals surface area contributed by atoms with Crippen LogP contribution in [0.2, 0.25) is 0 Å². The summed E-state index contributed by atoms with van der Waals surface area (Å²) in [5.74, 6) is 0.833. The van der Waals surface area contributed by atoms with Gasteiger partial charge >= 0.3 is 0 Å². The lowest BCUT2D eigenvalue weighted by atomic mass is 9.96. The van der Waals surface area contributed by atoms with E-state index in [9.17, 15) is 0 Å². The second-order valence-electron chi connectivity index (χ2n) is 4.24. The molecule has 1 heteroatoms. The van der Waals surface area contributed by atoms with Crippen molar-refractivity contribution >= 4 is 0 Å². The molecule has 1 aromatic carbocycles. The fourth-order valence-corrected chi connectivity index (χ4v) is 2.17. The van der Waals surface area contributed by atoms with Crippen LogP contribution in [0.3, 0.4) is 0 Å². The molecule has 0 amide bonds. The SMILES string of the molecule is CNC[C@H]1C[C@@]1(C)c1ccccc1. The Balaban J connectivity index is 2.11. The smallest absolute Gasteiger partial charge is 0.00148 e. The molecule has 0 saturated heterocycles. The number of benzene rings is 1. The maximum atomic E-state index is 3.25. The zero-order valence-electron chi connectivity index (χ0n) is 8.38. The number of rotatable bonds is 3. The molecule has 1 aliphatic carbocycles. The molecule has 1 saturated carbocycles. The van der Waals surface area contributed by atoms with Crippen LogP contribution in [0.15, 0.2) is 30.3 Å².